The fraction of sp³-hybridized carbons (Fsp3) is 0.278. The Morgan fingerprint density at radius 2 is 1.84 bits per heavy atom. The molecule has 0 spiro atoms. The summed E-state index contributed by atoms with van der Waals surface area (Å²) >= 11 is 1.56. The zero-order valence-electron chi connectivity index (χ0n) is 14.2. The van der Waals surface area contributed by atoms with E-state index >= 15 is 0 Å². The van der Waals surface area contributed by atoms with E-state index in [4.69, 9.17) is 0 Å². The van der Waals surface area contributed by atoms with E-state index in [2.05, 4.69) is 10.0 Å². The zero-order valence-corrected chi connectivity index (χ0v) is 15.9. The summed E-state index contributed by atoms with van der Waals surface area (Å²) in [6, 6.07) is 14.6. The maximum absolute atomic E-state index is 12.6. The first-order valence-corrected chi connectivity index (χ1v) is 10.7. The monoisotopic (exact) mass is 378 g/mol. The van der Waals surface area contributed by atoms with E-state index in [0.717, 1.165) is 5.56 Å². The van der Waals surface area contributed by atoms with E-state index in [1.165, 1.54) is 12.1 Å². The average molecular weight is 379 g/mol. The van der Waals surface area contributed by atoms with E-state index in [9.17, 15) is 13.2 Å². The molecule has 0 aliphatic heterocycles. The SMILES string of the molecule is CSCC[C@@H](NS(=O)(=O)c1ccccc1)C(=O)Nc1cccc(C)c1. The Morgan fingerprint density at radius 3 is 2.48 bits per heavy atom. The van der Waals surface area contributed by atoms with E-state index in [1.807, 2.05) is 31.4 Å². The number of anilines is 1. The number of thioether (sulfide) groups is 1. The van der Waals surface area contributed by atoms with Gasteiger partial charge in [-0.3, -0.25) is 4.79 Å². The Morgan fingerprint density at radius 1 is 1.12 bits per heavy atom. The number of benzene rings is 2. The second-order valence-corrected chi connectivity index (χ2v) is 8.33. The van der Waals surface area contributed by atoms with Crippen molar-refractivity contribution in [3.63, 3.8) is 0 Å². The van der Waals surface area contributed by atoms with Gasteiger partial charge in [0.25, 0.3) is 0 Å². The first-order chi connectivity index (χ1) is 11.9. The number of nitrogens with one attached hydrogen (secondary N) is 2. The molecule has 0 bridgehead atoms. The van der Waals surface area contributed by atoms with Crippen LogP contribution in [0.5, 0.6) is 0 Å². The molecule has 2 rings (SSSR count). The summed E-state index contributed by atoms with van der Waals surface area (Å²) in [5, 5.41) is 2.79. The van der Waals surface area contributed by atoms with Crippen LogP contribution in [-0.2, 0) is 14.8 Å². The summed E-state index contributed by atoms with van der Waals surface area (Å²) in [5.74, 6) is 0.308. The van der Waals surface area contributed by atoms with Crippen LogP contribution in [0.1, 0.15) is 12.0 Å². The number of sulfonamides is 1. The Balaban J connectivity index is 2.16. The molecule has 7 heteroatoms. The molecule has 0 aliphatic rings. The summed E-state index contributed by atoms with van der Waals surface area (Å²) in [7, 11) is -3.76. The lowest BCUT2D eigenvalue weighted by Gasteiger charge is -2.18. The van der Waals surface area contributed by atoms with Crippen LogP contribution >= 0.6 is 11.8 Å². The molecular weight excluding hydrogens is 356 g/mol. The Labute approximate surface area is 153 Å². The highest BCUT2D eigenvalue weighted by atomic mass is 32.2. The summed E-state index contributed by atoms with van der Waals surface area (Å²) in [5.41, 5.74) is 1.67. The summed E-state index contributed by atoms with van der Waals surface area (Å²) in [6.45, 7) is 1.93. The maximum atomic E-state index is 12.6. The van der Waals surface area contributed by atoms with Crippen LogP contribution < -0.4 is 10.0 Å². The van der Waals surface area contributed by atoms with Crippen molar-refractivity contribution in [2.24, 2.45) is 0 Å². The van der Waals surface area contributed by atoms with Gasteiger partial charge in [-0.15, -0.1) is 0 Å². The zero-order chi connectivity index (χ0) is 18.3. The Hall–Kier alpha value is -1.83. The number of rotatable bonds is 8. The van der Waals surface area contributed by atoms with Crippen molar-refractivity contribution in [3.8, 4) is 0 Å². The first-order valence-electron chi connectivity index (χ1n) is 7.86. The molecule has 5 nitrogen and oxygen atoms in total. The number of aryl methyl sites for hydroxylation is 1. The van der Waals surface area contributed by atoms with Crippen molar-refractivity contribution in [3.05, 3.63) is 60.2 Å². The Kier molecular flexibility index (Phi) is 7.04. The highest BCUT2D eigenvalue weighted by Gasteiger charge is 2.25. The van der Waals surface area contributed by atoms with Gasteiger partial charge in [0.05, 0.1) is 4.90 Å². The molecule has 134 valence electrons. The van der Waals surface area contributed by atoms with Crippen LogP contribution in [-0.4, -0.2) is 32.4 Å². The van der Waals surface area contributed by atoms with Crippen LogP contribution in [0.4, 0.5) is 5.69 Å². The molecule has 2 N–H and O–H groups in total. The maximum Gasteiger partial charge on any atom is 0.242 e. The van der Waals surface area contributed by atoms with Crippen LogP contribution in [0.3, 0.4) is 0 Å². The summed E-state index contributed by atoms with van der Waals surface area (Å²) in [4.78, 5) is 12.7. The van der Waals surface area contributed by atoms with Crippen molar-refractivity contribution >= 4 is 33.4 Å². The fourth-order valence-electron chi connectivity index (χ4n) is 2.29. The van der Waals surface area contributed by atoms with Gasteiger partial charge in [0, 0.05) is 5.69 Å². The molecule has 0 aromatic heterocycles. The minimum atomic E-state index is -3.76. The average Bonchev–Trinajstić information content (AvgIpc) is 2.59. The lowest BCUT2D eigenvalue weighted by atomic mass is 10.2. The van der Waals surface area contributed by atoms with Crippen molar-refractivity contribution in [1.29, 1.82) is 0 Å². The third kappa shape index (κ3) is 5.88. The lowest BCUT2D eigenvalue weighted by Crippen LogP contribution is -2.44. The summed E-state index contributed by atoms with van der Waals surface area (Å²) in [6.07, 6.45) is 2.33. The van der Waals surface area contributed by atoms with Gasteiger partial charge in [0.2, 0.25) is 15.9 Å². The van der Waals surface area contributed by atoms with Gasteiger partial charge in [0.1, 0.15) is 6.04 Å². The molecule has 1 amide bonds. The third-order valence-electron chi connectivity index (χ3n) is 3.56. The van der Waals surface area contributed by atoms with Gasteiger partial charge < -0.3 is 5.32 Å². The van der Waals surface area contributed by atoms with Crippen molar-refractivity contribution < 1.29 is 13.2 Å². The molecule has 0 radical (unpaired) electrons. The molecule has 2 aromatic rings. The van der Waals surface area contributed by atoms with Gasteiger partial charge in [0.15, 0.2) is 0 Å². The lowest BCUT2D eigenvalue weighted by molar-refractivity contribution is -0.117. The number of carbonyl (C=O) groups excluding carboxylic acids is 1. The van der Waals surface area contributed by atoms with Crippen LogP contribution in [0.25, 0.3) is 0 Å². The van der Waals surface area contributed by atoms with Gasteiger partial charge in [-0.2, -0.15) is 16.5 Å². The normalized spacial score (nSPS) is 12.6. The molecule has 1 atom stereocenters. The molecule has 0 heterocycles. The largest absolute Gasteiger partial charge is 0.325 e. The first kappa shape index (κ1) is 19.5. The van der Waals surface area contributed by atoms with Crippen molar-refractivity contribution in [2.75, 3.05) is 17.3 Å². The van der Waals surface area contributed by atoms with Crippen LogP contribution in [0.15, 0.2) is 59.5 Å². The van der Waals surface area contributed by atoms with Gasteiger partial charge in [-0.05, 0) is 55.2 Å². The van der Waals surface area contributed by atoms with Gasteiger partial charge in [-0.1, -0.05) is 30.3 Å². The topological polar surface area (TPSA) is 75.3 Å². The van der Waals surface area contributed by atoms with E-state index in [1.54, 1.807) is 36.0 Å². The molecule has 25 heavy (non-hydrogen) atoms. The molecule has 2 aromatic carbocycles. The minimum Gasteiger partial charge on any atom is -0.325 e. The van der Waals surface area contributed by atoms with Crippen molar-refractivity contribution in [1.82, 2.24) is 4.72 Å². The van der Waals surface area contributed by atoms with E-state index < -0.39 is 16.1 Å². The van der Waals surface area contributed by atoms with Crippen molar-refractivity contribution in [2.45, 2.75) is 24.3 Å². The number of hydrogen-bond acceptors (Lipinski definition) is 4. The second-order valence-electron chi connectivity index (χ2n) is 5.63. The highest BCUT2D eigenvalue weighted by molar-refractivity contribution is 7.98. The second kappa shape index (κ2) is 9.03. The van der Waals surface area contributed by atoms with Gasteiger partial charge >= 0.3 is 0 Å². The molecule has 0 unspecified atom stereocenters. The molecule has 0 aliphatic carbocycles. The van der Waals surface area contributed by atoms with E-state index in [-0.39, 0.29) is 10.8 Å². The third-order valence-corrected chi connectivity index (χ3v) is 5.70. The van der Waals surface area contributed by atoms with Gasteiger partial charge in [-0.25, -0.2) is 8.42 Å². The highest BCUT2D eigenvalue weighted by Crippen LogP contribution is 2.14. The smallest absolute Gasteiger partial charge is 0.242 e. The predicted molar refractivity (Wildman–Crippen MR) is 103 cm³/mol. The number of carbonyl (C=O) groups is 1. The summed E-state index contributed by atoms with van der Waals surface area (Å²) < 4.78 is 27.6. The Bertz CT molecular complexity index is 808. The number of hydrogen-bond donors (Lipinski definition) is 2. The van der Waals surface area contributed by atoms with Crippen LogP contribution in [0, 0.1) is 6.92 Å². The fourth-order valence-corrected chi connectivity index (χ4v) is 4.01. The molecule has 0 saturated heterocycles. The minimum absolute atomic E-state index is 0.146. The quantitative estimate of drug-likeness (QED) is 0.740. The van der Waals surface area contributed by atoms with E-state index in [0.29, 0.717) is 17.9 Å². The standard InChI is InChI=1S/C18H22N2O3S2/c1-14-7-6-8-15(13-14)19-18(21)17(11-12-24-2)20-25(22,23)16-9-4-3-5-10-16/h3-10,13,17,20H,11-12H2,1-2H3,(H,19,21)/t17-/m1/s1. The molecule has 0 fully saturated rings. The number of amides is 1. The predicted octanol–water partition coefficient (Wildman–Crippen LogP) is 3.03. The molecular formula is C18H22N2O3S2. The molecule has 0 saturated carbocycles. The van der Waals surface area contributed by atoms with Crippen LogP contribution in [0.2, 0.25) is 0 Å².